The molecular formula is C16H8F6O5. The number of carboxylic acid groups (broad SMARTS) is 1. The van der Waals surface area contributed by atoms with Gasteiger partial charge in [-0.1, -0.05) is 0 Å². The fourth-order valence-corrected chi connectivity index (χ4v) is 2.05. The van der Waals surface area contributed by atoms with Crippen molar-refractivity contribution >= 4 is 17.5 Å². The van der Waals surface area contributed by atoms with Gasteiger partial charge < -0.3 is 9.52 Å². The summed E-state index contributed by atoms with van der Waals surface area (Å²) in [6.45, 7) is 0. The molecule has 0 saturated carbocycles. The molecule has 11 heteroatoms. The van der Waals surface area contributed by atoms with Gasteiger partial charge in [-0.2, -0.15) is 26.3 Å². The molecule has 2 rings (SSSR count). The molecular weight excluding hydrogens is 386 g/mol. The average Bonchev–Trinajstić information content (AvgIpc) is 3.02. The molecule has 0 radical (unpaired) electrons. The monoisotopic (exact) mass is 394 g/mol. The zero-order valence-corrected chi connectivity index (χ0v) is 12.9. The Labute approximate surface area is 146 Å². The predicted octanol–water partition coefficient (Wildman–Crippen LogP) is 4.21. The second-order valence-corrected chi connectivity index (χ2v) is 5.29. The number of hydrogen-bond acceptors (Lipinski definition) is 4. The summed E-state index contributed by atoms with van der Waals surface area (Å²) in [7, 11) is 0. The second kappa shape index (κ2) is 6.89. The first-order valence-electron chi connectivity index (χ1n) is 6.98. The molecule has 0 saturated heterocycles. The van der Waals surface area contributed by atoms with E-state index >= 15 is 0 Å². The van der Waals surface area contributed by atoms with Gasteiger partial charge in [0.15, 0.2) is 5.76 Å². The highest BCUT2D eigenvalue weighted by Crippen LogP contribution is 2.39. The maximum atomic E-state index is 12.9. The van der Waals surface area contributed by atoms with E-state index in [1.165, 1.54) is 0 Å². The molecule has 1 N–H and O–H groups in total. The van der Waals surface area contributed by atoms with Crippen LogP contribution in [0.2, 0.25) is 0 Å². The van der Waals surface area contributed by atoms with Crippen molar-refractivity contribution in [3.63, 3.8) is 0 Å². The van der Waals surface area contributed by atoms with Gasteiger partial charge in [0.2, 0.25) is 11.6 Å². The number of carbonyl (C=O) groups excluding carboxylic acids is 2. The van der Waals surface area contributed by atoms with E-state index in [0.29, 0.717) is 12.1 Å². The van der Waals surface area contributed by atoms with Crippen LogP contribution in [0, 0.1) is 0 Å². The lowest BCUT2D eigenvalue weighted by Gasteiger charge is -2.13. The molecule has 1 heterocycles. The molecule has 0 amide bonds. The molecule has 5 nitrogen and oxygen atoms in total. The number of hydrogen-bond donors (Lipinski definition) is 1. The largest absolute Gasteiger partial charge is 0.475 e. The fourth-order valence-electron chi connectivity index (χ4n) is 2.05. The number of Topliss-reactive ketones (excluding diaryl/α,β-unsaturated/α-hetero) is 2. The quantitative estimate of drug-likeness (QED) is 0.356. The van der Waals surface area contributed by atoms with Crippen molar-refractivity contribution in [1.29, 1.82) is 0 Å². The summed E-state index contributed by atoms with van der Waals surface area (Å²) in [6, 6.07) is 2.61. The summed E-state index contributed by atoms with van der Waals surface area (Å²) in [5, 5.41) is 8.43. The lowest BCUT2D eigenvalue weighted by Crippen LogP contribution is -2.16. The van der Waals surface area contributed by atoms with E-state index < -0.39 is 64.5 Å². The standard InChI is InChI=1S/C16H8F6O5/c17-15(18,19)8-3-7(4-9(5-8)16(20,21)22)12-1-2-13(27-12)10(23)6-11(24)14(25)26/h1-5H,6H2,(H,25,26). The van der Waals surface area contributed by atoms with Crippen LogP contribution in [0.3, 0.4) is 0 Å². The van der Waals surface area contributed by atoms with Gasteiger partial charge in [-0.15, -0.1) is 0 Å². The molecule has 0 bridgehead atoms. The van der Waals surface area contributed by atoms with Crippen molar-refractivity contribution in [2.24, 2.45) is 0 Å². The number of alkyl halides is 6. The van der Waals surface area contributed by atoms with E-state index in [4.69, 9.17) is 9.52 Å². The molecule has 1 aromatic carbocycles. The second-order valence-electron chi connectivity index (χ2n) is 5.29. The van der Waals surface area contributed by atoms with Crippen molar-refractivity contribution in [3.8, 4) is 11.3 Å². The van der Waals surface area contributed by atoms with Crippen LogP contribution in [0.5, 0.6) is 0 Å². The van der Waals surface area contributed by atoms with Crippen LogP contribution in [0.25, 0.3) is 11.3 Å². The van der Waals surface area contributed by atoms with Gasteiger partial charge in [-0.3, -0.25) is 9.59 Å². The van der Waals surface area contributed by atoms with Crippen LogP contribution in [0.1, 0.15) is 28.1 Å². The highest BCUT2D eigenvalue weighted by molar-refractivity contribution is 6.37. The zero-order valence-electron chi connectivity index (χ0n) is 12.9. The van der Waals surface area contributed by atoms with E-state index in [0.717, 1.165) is 12.1 Å². The molecule has 2 aromatic rings. The first-order valence-corrected chi connectivity index (χ1v) is 6.98. The summed E-state index contributed by atoms with van der Waals surface area (Å²) in [4.78, 5) is 33.1. The van der Waals surface area contributed by atoms with Crippen LogP contribution in [0.4, 0.5) is 26.3 Å². The van der Waals surface area contributed by atoms with Crippen LogP contribution >= 0.6 is 0 Å². The molecule has 1 aromatic heterocycles. The van der Waals surface area contributed by atoms with Gasteiger partial charge in [0.05, 0.1) is 17.5 Å². The Morgan fingerprint density at radius 2 is 1.41 bits per heavy atom. The average molecular weight is 394 g/mol. The van der Waals surface area contributed by atoms with Gasteiger partial charge in [0, 0.05) is 5.56 Å². The summed E-state index contributed by atoms with van der Waals surface area (Å²) in [6.07, 6.45) is -11.2. The first kappa shape index (κ1) is 20.2. The Hall–Kier alpha value is -3.11. The van der Waals surface area contributed by atoms with Crippen molar-refractivity contribution in [2.75, 3.05) is 0 Å². The number of ketones is 2. The van der Waals surface area contributed by atoms with Crippen LogP contribution in [-0.4, -0.2) is 22.6 Å². The fraction of sp³-hybridized carbons (Fsp3) is 0.188. The minimum absolute atomic E-state index is 0.0654. The number of rotatable bonds is 5. The molecule has 0 spiro atoms. The third-order valence-corrected chi connectivity index (χ3v) is 3.31. The maximum absolute atomic E-state index is 12.9. The van der Waals surface area contributed by atoms with Crippen LogP contribution in [0.15, 0.2) is 34.7 Å². The number of halogens is 6. The summed E-state index contributed by atoms with van der Waals surface area (Å²) >= 11 is 0. The first-order chi connectivity index (χ1) is 12.3. The smallest absolute Gasteiger partial charge is 0.416 e. The Morgan fingerprint density at radius 3 is 1.85 bits per heavy atom. The molecule has 0 aliphatic rings. The topological polar surface area (TPSA) is 84.6 Å². The molecule has 0 aliphatic carbocycles. The third kappa shape index (κ3) is 4.74. The van der Waals surface area contributed by atoms with E-state index in [9.17, 15) is 40.7 Å². The zero-order chi connectivity index (χ0) is 20.6. The van der Waals surface area contributed by atoms with Crippen molar-refractivity contribution in [1.82, 2.24) is 0 Å². The van der Waals surface area contributed by atoms with Crippen molar-refractivity contribution in [3.05, 3.63) is 47.2 Å². The van der Waals surface area contributed by atoms with Crippen LogP contribution in [-0.2, 0) is 21.9 Å². The maximum Gasteiger partial charge on any atom is 0.416 e. The molecule has 0 aliphatic heterocycles. The summed E-state index contributed by atoms with van der Waals surface area (Å²) in [5.74, 6) is -5.47. The van der Waals surface area contributed by atoms with E-state index in [2.05, 4.69) is 0 Å². The number of carbonyl (C=O) groups is 3. The number of benzene rings is 1. The van der Waals surface area contributed by atoms with Gasteiger partial charge in [-0.05, 0) is 30.3 Å². The van der Waals surface area contributed by atoms with E-state index in [-0.39, 0.29) is 6.07 Å². The Balaban J connectivity index is 2.44. The third-order valence-electron chi connectivity index (χ3n) is 3.31. The highest BCUT2D eigenvalue weighted by atomic mass is 19.4. The minimum atomic E-state index is -5.06. The van der Waals surface area contributed by atoms with Gasteiger partial charge in [-0.25, -0.2) is 4.79 Å². The highest BCUT2D eigenvalue weighted by Gasteiger charge is 2.37. The molecule has 0 unspecified atom stereocenters. The SMILES string of the molecule is O=C(O)C(=O)CC(=O)c1ccc(-c2cc(C(F)(F)F)cc(C(F)(F)F)c2)o1. The van der Waals surface area contributed by atoms with E-state index in [1.54, 1.807) is 0 Å². The summed E-state index contributed by atoms with van der Waals surface area (Å²) < 4.78 is 82.1. The van der Waals surface area contributed by atoms with Crippen molar-refractivity contribution in [2.45, 2.75) is 18.8 Å². The van der Waals surface area contributed by atoms with Gasteiger partial charge in [0.25, 0.3) is 0 Å². The number of furan rings is 1. The lowest BCUT2D eigenvalue weighted by atomic mass is 10.0. The summed E-state index contributed by atoms with van der Waals surface area (Å²) in [5.41, 5.74) is -3.74. The Kier molecular flexibility index (Phi) is 5.16. The van der Waals surface area contributed by atoms with Crippen molar-refractivity contribution < 1.29 is 50.2 Å². The normalized spacial score (nSPS) is 12.1. The molecule has 0 fully saturated rings. The Morgan fingerprint density at radius 1 is 0.889 bits per heavy atom. The molecule has 0 atom stereocenters. The van der Waals surface area contributed by atoms with Gasteiger partial charge in [0.1, 0.15) is 5.76 Å². The van der Waals surface area contributed by atoms with Gasteiger partial charge >= 0.3 is 18.3 Å². The lowest BCUT2D eigenvalue weighted by molar-refractivity contribution is -0.148. The van der Waals surface area contributed by atoms with Crippen LogP contribution < -0.4 is 0 Å². The minimum Gasteiger partial charge on any atom is -0.475 e. The number of aliphatic carboxylic acids is 1. The molecule has 27 heavy (non-hydrogen) atoms. The predicted molar refractivity (Wildman–Crippen MR) is 75.7 cm³/mol. The number of carboxylic acids is 1. The Bertz CT molecular complexity index is 875. The molecule has 144 valence electrons. The van der Waals surface area contributed by atoms with E-state index in [1.807, 2.05) is 0 Å².